The van der Waals surface area contributed by atoms with Gasteiger partial charge in [0, 0.05) is 19.2 Å². The molecule has 1 N–H and O–H groups in total. The van der Waals surface area contributed by atoms with Gasteiger partial charge in [-0.3, -0.25) is 4.79 Å². The Hall–Kier alpha value is -3.42. The second-order valence-electron chi connectivity index (χ2n) is 8.40. The first kappa shape index (κ1) is 24.8. The number of likely N-dealkylation sites (N-methyl/N-ethyl adjacent to an activating group) is 1. The standard InChI is InChI=1S/C24H29FN2O5/c1-16(26-23(30)31-15-17-10-7-6-8-11-17)21(28)27(5)14-18-12-9-13-19(20(18)25)22(29)32-24(2,3)4/h6-13,16H,14-15H2,1-5H3,(H,26,30)/t16-/m0/s1. The summed E-state index contributed by atoms with van der Waals surface area (Å²) in [6.45, 7) is 6.57. The number of ether oxygens (including phenoxy) is 2. The molecule has 8 heteroatoms. The number of hydrogen-bond donors (Lipinski definition) is 1. The topological polar surface area (TPSA) is 84.9 Å². The maximum Gasteiger partial charge on any atom is 0.408 e. The number of nitrogens with zero attached hydrogens (tertiary/aromatic N) is 1. The summed E-state index contributed by atoms with van der Waals surface area (Å²) in [5, 5.41) is 2.47. The van der Waals surface area contributed by atoms with E-state index < -0.39 is 35.4 Å². The minimum absolute atomic E-state index is 0.0755. The van der Waals surface area contributed by atoms with E-state index in [-0.39, 0.29) is 24.3 Å². The van der Waals surface area contributed by atoms with Crippen molar-refractivity contribution in [1.29, 1.82) is 0 Å². The number of hydrogen-bond acceptors (Lipinski definition) is 5. The number of carbonyl (C=O) groups excluding carboxylic acids is 3. The molecule has 0 saturated carbocycles. The lowest BCUT2D eigenvalue weighted by Crippen LogP contribution is -2.45. The van der Waals surface area contributed by atoms with Crippen LogP contribution in [0.2, 0.25) is 0 Å². The smallest absolute Gasteiger partial charge is 0.408 e. The molecule has 0 fully saturated rings. The van der Waals surface area contributed by atoms with Gasteiger partial charge < -0.3 is 19.7 Å². The SMILES string of the molecule is C[C@H](NC(=O)OCc1ccccc1)C(=O)N(C)Cc1cccc(C(=O)OC(C)(C)C)c1F. The maximum atomic E-state index is 14.9. The van der Waals surface area contributed by atoms with Gasteiger partial charge in [-0.25, -0.2) is 14.0 Å². The van der Waals surface area contributed by atoms with Gasteiger partial charge in [0.25, 0.3) is 0 Å². The number of alkyl carbamates (subject to hydrolysis) is 1. The van der Waals surface area contributed by atoms with Crippen LogP contribution in [0.1, 0.15) is 49.2 Å². The van der Waals surface area contributed by atoms with Crippen LogP contribution in [0, 0.1) is 5.82 Å². The Kier molecular flexibility index (Phi) is 8.34. The van der Waals surface area contributed by atoms with E-state index in [0.29, 0.717) is 0 Å². The molecule has 0 saturated heterocycles. The lowest BCUT2D eigenvalue weighted by atomic mass is 10.1. The van der Waals surface area contributed by atoms with E-state index in [1.165, 1.54) is 37.1 Å². The third-order valence-electron chi connectivity index (χ3n) is 4.40. The van der Waals surface area contributed by atoms with Crippen LogP contribution in [0.4, 0.5) is 9.18 Å². The van der Waals surface area contributed by atoms with Crippen LogP contribution in [0.25, 0.3) is 0 Å². The number of esters is 1. The molecule has 2 aromatic rings. The highest BCUT2D eigenvalue weighted by molar-refractivity contribution is 5.90. The Bertz CT molecular complexity index is 957. The number of halogens is 1. The molecule has 0 unspecified atom stereocenters. The molecule has 0 bridgehead atoms. The lowest BCUT2D eigenvalue weighted by molar-refractivity contribution is -0.132. The van der Waals surface area contributed by atoms with Gasteiger partial charge in [-0.15, -0.1) is 0 Å². The van der Waals surface area contributed by atoms with Crippen molar-refractivity contribution in [1.82, 2.24) is 10.2 Å². The number of amides is 2. The summed E-state index contributed by atoms with van der Waals surface area (Å²) >= 11 is 0. The summed E-state index contributed by atoms with van der Waals surface area (Å²) in [5.41, 5.74) is 0.0128. The molecule has 0 aliphatic carbocycles. The summed E-state index contributed by atoms with van der Waals surface area (Å²) in [6, 6.07) is 12.6. The highest BCUT2D eigenvalue weighted by atomic mass is 19.1. The molecule has 0 aliphatic rings. The molecule has 172 valence electrons. The number of benzene rings is 2. The Labute approximate surface area is 187 Å². The zero-order valence-corrected chi connectivity index (χ0v) is 19.0. The normalized spacial score (nSPS) is 11.9. The number of carbonyl (C=O) groups is 3. The number of nitrogens with one attached hydrogen (secondary N) is 1. The van der Waals surface area contributed by atoms with Crippen LogP contribution in [-0.2, 0) is 27.4 Å². The van der Waals surface area contributed by atoms with Gasteiger partial charge in [0.1, 0.15) is 24.1 Å². The molecule has 0 radical (unpaired) electrons. The first-order valence-electron chi connectivity index (χ1n) is 10.2. The van der Waals surface area contributed by atoms with E-state index in [2.05, 4.69) is 5.32 Å². The van der Waals surface area contributed by atoms with Crippen molar-refractivity contribution < 1.29 is 28.2 Å². The summed E-state index contributed by atoms with van der Waals surface area (Å²) in [7, 11) is 1.48. The third-order valence-corrected chi connectivity index (χ3v) is 4.40. The summed E-state index contributed by atoms with van der Waals surface area (Å²) < 4.78 is 25.2. The monoisotopic (exact) mass is 444 g/mol. The maximum absolute atomic E-state index is 14.9. The van der Waals surface area contributed by atoms with E-state index in [1.807, 2.05) is 30.3 Å². The van der Waals surface area contributed by atoms with Gasteiger partial charge in [0.15, 0.2) is 0 Å². The molecule has 2 amide bonds. The van der Waals surface area contributed by atoms with E-state index in [9.17, 15) is 18.8 Å². The summed E-state index contributed by atoms with van der Waals surface area (Å²) in [6.07, 6.45) is -0.735. The van der Waals surface area contributed by atoms with E-state index in [4.69, 9.17) is 9.47 Å². The minimum atomic E-state index is -0.889. The fourth-order valence-electron chi connectivity index (χ4n) is 2.86. The fraction of sp³-hybridized carbons (Fsp3) is 0.375. The van der Waals surface area contributed by atoms with Crippen molar-refractivity contribution in [2.45, 2.75) is 52.5 Å². The Morgan fingerprint density at radius 1 is 1.06 bits per heavy atom. The van der Waals surface area contributed by atoms with Crippen LogP contribution in [0.15, 0.2) is 48.5 Å². The molecule has 1 atom stereocenters. The van der Waals surface area contributed by atoms with E-state index in [1.54, 1.807) is 20.8 Å². The Morgan fingerprint density at radius 3 is 2.34 bits per heavy atom. The van der Waals surface area contributed by atoms with Crippen LogP contribution >= 0.6 is 0 Å². The summed E-state index contributed by atoms with van der Waals surface area (Å²) in [5.74, 6) is -1.96. The molecule has 2 rings (SSSR count). The van der Waals surface area contributed by atoms with Crippen LogP contribution < -0.4 is 5.32 Å². The lowest BCUT2D eigenvalue weighted by Gasteiger charge is -2.23. The van der Waals surface area contributed by atoms with Crippen molar-refractivity contribution in [3.63, 3.8) is 0 Å². The predicted octanol–water partition coefficient (Wildman–Crippen LogP) is 4.05. The largest absolute Gasteiger partial charge is 0.456 e. The molecule has 2 aromatic carbocycles. The average Bonchev–Trinajstić information content (AvgIpc) is 2.72. The Morgan fingerprint density at radius 2 is 1.72 bits per heavy atom. The van der Waals surface area contributed by atoms with Crippen LogP contribution in [0.3, 0.4) is 0 Å². The highest BCUT2D eigenvalue weighted by Gasteiger charge is 2.24. The van der Waals surface area contributed by atoms with Gasteiger partial charge in [0.05, 0.1) is 5.56 Å². The highest BCUT2D eigenvalue weighted by Crippen LogP contribution is 2.19. The third kappa shape index (κ3) is 7.37. The molecule has 7 nitrogen and oxygen atoms in total. The summed E-state index contributed by atoms with van der Waals surface area (Å²) in [4.78, 5) is 38.1. The first-order valence-corrected chi connectivity index (χ1v) is 10.2. The van der Waals surface area contributed by atoms with Crippen molar-refractivity contribution >= 4 is 18.0 Å². The first-order chi connectivity index (χ1) is 15.0. The molecule has 0 aromatic heterocycles. The predicted molar refractivity (Wildman–Crippen MR) is 117 cm³/mol. The second-order valence-corrected chi connectivity index (χ2v) is 8.40. The average molecular weight is 445 g/mol. The van der Waals surface area contributed by atoms with Gasteiger partial charge in [-0.05, 0) is 39.3 Å². The molecular formula is C24H29FN2O5. The molecule has 32 heavy (non-hydrogen) atoms. The minimum Gasteiger partial charge on any atom is -0.456 e. The second kappa shape index (κ2) is 10.7. The van der Waals surface area contributed by atoms with Crippen molar-refractivity contribution in [2.24, 2.45) is 0 Å². The number of rotatable bonds is 7. The molecule has 0 spiro atoms. The zero-order chi connectivity index (χ0) is 23.9. The van der Waals surface area contributed by atoms with Crippen LogP contribution in [0.5, 0.6) is 0 Å². The van der Waals surface area contributed by atoms with Crippen molar-refractivity contribution in [2.75, 3.05) is 7.05 Å². The molecular weight excluding hydrogens is 415 g/mol. The van der Waals surface area contributed by atoms with Crippen LogP contribution in [-0.4, -0.2) is 41.6 Å². The van der Waals surface area contributed by atoms with E-state index >= 15 is 0 Å². The quantitative estimate of drug-likeness (QED) is 0.651. The van der Waals surface area contributed by atoms with Crippen molar-refractivity contribution in [3.05, 3.63) is 71.0 Å². The Balaban J connectivity index is 1.95. The zero-order valence-electron chi connectivity index (χ0n) is 19.0. The molecule has 0 heterocycles. The van der Waals surface area contributed by atoms with Gasteiger partial charge in [0.2, 0.25) is 5.91 Å². The fourth-order valence-corrected chi connectivity index (χ4v) is 2.86. The van der Waals surface area contributed by atoms with Gasteiger partial charge >= 0.3 is 12.1 Å². The van der Waals surface area contributed by atoms with E-state index in [0.717, 1.165) is 5.56 Å². The van der Waals surface area contributed by atoms with Gasteiger partial charge in [-0.2, -0.15) is 0 Å². The molecule has 0 aliphatic heterocycles. The van der Waals surface area contributed by atoms with Crippen molar-refractivity contribution in [3.8, 4) is 0 Å². The van der Waals surface area contributed by atoms with Gasteiger partial charge in [-0.1, -0.05) is 42.5 Å².